The van der Waals surface area contributed by atoms with Gasteiger partial charge in [0.25, 0.3) is 0 Å². The van der Waals surface area contributed by atoms with E-state index in [1.165, 1.54) is 0 Å². The number of anilines is 1. The summed E-state index contributed by atoms with van der Waals surface area (Å²) >= 11 is 5.84. The lowest BCUT2D eigenvalue weighted by atomic mass is 10.1. The zero-order valence-electron chi connectivity index (χ0n) is 13.0. The summed E-state index contributed by atoms with van der Waals surface area (Å²) in [5.41, 5.74) is 3.42. The molecule has 0 aliphatic carbocycles. The lowest BCUT2D eigenvalue weighted by Gasteiger charge is -2.23. The predicted octanol–water partition coefficient (Wildman–Crippen LogP) is 3.85. The number of rotatable bonds is 7. The summed E-state index contributed by atoms with van der Waals surface area (Å²) in [6, 6.07) is 12.9. The van der Waals surface area contributed by atoms with Crippen molar-refractivity contribution >= 4 is 28.7 Å². The van der Waals surface area contributed by atoms with Gasteiger partial charge in [-0.2, -0.15) is 10.2 Å². The molecule has 0 heterocycles. The summed E-state index contributed by atoms with van der Waals surface area (Å²) in [6.07, 6.45) is 0. The molecule has 0 saturated heterocycles. The van der Waals surface area contributed by atoms with Gasteiger partial charge in [-0.3, -0.25) is 0 Å². The first-order valence-electron chi connectivity index (χ1n) is 7.38. The molecule has 0 fully saturated rings. The molecule has 2 rings (SSSR count). The van der Waals surface area contributed by atoms with Crippen molar-refractivity contribution in [2.24, 2.45) is 10.2 Å². The third-order valence-corrected chi connectivity index (χ3v) is 3.64. The molecule has 0 amide bonds. The molecule has 0 spiro atoms. The van der Waals surface area contributed by atoms with Crippen molar-refractivity contribution in [3.05, 3.63) is 53.1 Å². The minimum atomic E-state index is 0.0388. The molecule has 0 saturated carbocycles. The molecule has 0 aliphatic heterocycles. The van der Waals surface area contributed by atoms with Crippen LogP contribution < -0.4 is 4.90 Å². The molecule has 23 heavy (non-hydrogen) atoms. The second-order valence-electron chi connectivity index (χ2n) is 5.08. The molecule has 0 aromatic heterocycles. The van der Waals surface area contributed by atoms with Gasteiger partial charge in [-0.15, -0.1) is 0 Å². The molecule has 2 aromatic rings. The molecule has 122 valence electrons. The number of hydrogen-bond donors (Lipinski definition) is 2. The smallest absolute Gasteiger partial charge is 0.0887 e. The molecule has 0 atom stereocenters. The lowest BCUT2D eigenvalue weighted by Crippen LogP contribution is -2.29. The maximum absolute atomic E-state index is 9.11. The van der Waals surface area contributed by atoms with Crippen LogP contribution in [0.1, 0.15) is 5.56 Å². The van der Waals surface area contributed by atoms with Crippen molar-refractivity contribution in [2.75, 3.05) is 31.2 Å². The zero-order valence-corrected chi connectivity index (χ0v) is 13.7. The number of azo groups is 1. The second-order valence-corrected chi connectivity index (χ2v) is 5.52. The molecule has 0 radical (unpaired) electrons. The van der Waals surface area contributed by atoms with E-state index in [9.17, 15) is 0 Å². The Kier molecular flexibility index (Phi) is 6.52. The molecule has 2 aromatic carbocycles. The summed E-state index contributed by atoms with van der Waals surface area (Å²) in [5.74, 6) is 0. The van der Waals surface area contributed by atoms with Crippen LogP contribution in [-0.4, -0.2) is 36.5 Å². The predicted molar refractivity (Wildman–Crippen MR) is 93.2 cm³/mol. The lowest BCUT2D eigenvalue weighted by molar-refractivity contribution is 0.281. The molecular weight excluding hydrogens is 314 g/mol. The SMILES string of the molecule is Cc1cc(N(CCO)CCO)ccc1N=Nc1ccc(Cl)cc1. The zero-order chi connectivity index (χ0) is 16.7. The molecule has 2 N–H and O–H groups in total. The maximum Gasteiger partial charge on any atom is 0.0887 e. The van der Waals surface area contributed by atoms with Crippen molar-refractivity contribution in [2.45, 2.75) is 6.92 Å². The molecular formula is C17H20ClN3O2. The molecule has 5 nitrogen and oxygen atoms in total. The van der Waals surface area contributed by atoms with Gasteiger partial charge < -0.3 is 15.1 Å². The van der Waals surface area contributed by atoms with E-state index in [4.69, 9.17) is 21.8 Å². The Balaban J connectivity index is 2.16. The van der Waals surface area contributed by atoms with Crippen molar-refractivity contribution in [3.63, 3.8) is 0 Å². The Bertz CT molecular complexity index is 653. The second kappa shape index (κ2) is 8.62. The summed E-state index contributed by atoms with van der Waals surface area (Å²) < 4.78 is 0. The number of aliphatic hydroxyl groups is 2. The maximum atomic E-state index is 9.11. The third-order valence-electron chi connectivity index (χ3n) is 3.39. The van der Waals surface area contributed by atoms with Crippen molar-refractivity contribution in [1.82, 2.24) is 0 Å². The fraction of sp³-hybridized carbons (Fsp3) is 0.294. The van der Waals surface area contributed by atoms with Gasteiger partial charge in [0.15, 0.2) is 0 Å². The minimum Gasteiger partial charge on any atom is -0.395 e. The number of aryl methyl sites for hydroxylation is 1. The van der Waals surface area contributed by atoms with Crippen LogP contribution in [0.5, 0.6) is 0 Å². The first-order chi connectivity index (χ1) is 11.1. The van der Waals surface area contributed by atoms with E-state index < -0.39 is 0 Å². The van der Waals surface area contributed by atoms with E-state index in [1.54, 1.807) is 24.3 Å². The Morgan fingerprint density at radius 1 is 0.957 bits per heavy atom. The summed E-state index contributed by atoms with van der Waals surface area (Å²) in [4.78, 5) is 1.92. The highest BCUT2D eigenvalue weighted by Crippen LogP contribution is 2.27. The quantitative estimate of drug-likeness (QED) is 0.756. The van der Waals surface area contributed by atoms with Crippen molar-refractivity contribution in [3.8, 4) is 0 Å². The van der Waals surface area contributed by atoms with Crippen LogP contribution in [0.2, 0.25) is 5.02 Å². The Morgan fingerprint density at radius 3 is 2.17 bits per heavy atom. The highest BCUT2D eigenvalue weighted by Gasteiger charge is 2.07. The monoisotopic (exact) mass is 333 g/mol. The van der Waals surface area contributed by atoms with Crippen LogP contribution >= 0.6 is 11.6 Å². The number of aliphatic hydroxyl groups excluding tert-OH is 2. The van der Waals surface area contributed by atoms with E-state index in [0.29, 0.717) is 18.1 Å². The van der Waals surface area contributed by atoms with Crippen LogP contribution in [0.15, 0.2) is 52.7 Å². The molecule has 6 heteroatoms. The van der Waals surface area contributed by atoms with Crippen LogP contribution in [0.4, 0.5) is 17.1 Å². The standard InChI is InChI=1S/C17H20ClN3O2/c1-13-12-16(21(8-10-22)9-11-23)6-7-17(13)20-19-15-4-2-14(18)3-5-15/h2-7,12,22-23H,8-11H2,1H3. The summed E-state index contributed by atoms with van der Waals surface area (Å²) in [5, 5.41) is 27.3. The Labute approximate surface area is 140 Å². The van der Waals surface area contributed by atoms with Gasteiger partial charge in [0.1, 0.15) is 0 Å². The number of nitrogens with zero attached hydrogens (tertiary/aromatic N) is 3. The minimum absolute atomic E-state index is 0.0388. The van der Waals surface area contributed by atoms with E-state index in [2.05, 4.69) is 10.2 Å². The van der Waals surface area contributed by atoms with Crippen LogP contribution in [0.25, 0.3) is 0 Å². The van der Waals surface area contributed by atoms with E-state index in [-0.39, 0.29) is 13.2 Å². The van der Waals surface area contributed by atoms with E-state index >= 15 is 0 Å². The van der Waals surface area contributed by atoms with Gasteiger partial charge in [0.05, 0.1) is 24.6 Å². The highest BCUT2D eigenvalue weighted by atomic mass is 35.5. The van der Waals surface area contributed by atoms with Gasteiger partial charge in [-0.05, 0) is 55.0 Å². The van der Waals surface area contributed by atoms with Gasteiger partial charge in [-0.1, -0.05) is 11.6 Å². The number of halogens is 1. The van der Waals surface area contributed by atoms with E-state index in [1.807, 2.05) is 30.0 Å². The van der Waals surface area contributed by atoms with Gasteiger partial charge >= 0.3 is 0 Å². The van der Waals surface area contributed by atoms with Gasteiger partial charge in [-0.25, -0.2) is 0 Å². The largest absolute Gasteiger partial charge is 0.395 e. The van der Waals surface area contributed by atoms with Crippen molar-refractivity contribution in [1.29, 1.82) is 0 Å². The average molecular weight is 334 g/mol. The topological polar surface area (TPSA) is 68.4 Å². The van der Waals surface area contributed by atoms with E-state index in [0.717, 1.165) is 22.6 Å². The summed E-state index contributed by atoms with van der Waals surface area (Å²) in [6.45, 7) is 2.99. The third kappa shape index (κ3) is 5.03. The fourth-order valence-corrected chi connectivity index (χ4v) is 2.31. The van der Waals surface area contributed by atoms with Gasteiger partial charge in [0, 0.05) is 23.8 Å². The Hall–Kier alpha value is -1.95. The highest BCUT2D eigenvalue weighted by molar-refractivity contribution is 6.30. The molecule has 0 bridgehead atoms. The molecule has 0 unspecified atom stereocenters. The number of benzene rings is 2. The Morgan fingerprint density at radius 2 is 1.61 bits per heavy atom. The van der Waals surface area contributed by atoms with Crippen LogP contribution in [0, 0.1) is 6.92 Å². The first-order valence-corrected chi connectivity index (χ1v) is 7.76. The fourth-order valence-electron chi connectivity index (χ4n) is 2.18. The average Bonchev–Trinajstić information content (AvgIpc) is 2.55. The number of hydrogen-bond acceptors (Lipinski definition) is 5. The van der Waals surface area contributed by atoms with Crippen LogP contribution in [-0.2, 0) is 0 Å². The van der Waals surface area contributed by atoms with Crippen molar-refractivity contribution < 1.29 is 10.2 Å². The van der Waals surface area contributed by atoms with Gasteiger partial charge in [0.2, 0.25) is 0 Å². The molecule has 0 aliphatic rings. The first kappa shape index (κ1) is 17.4. The normalized spacial score (nSPS) is 11.1. The van der Waals surface area contributed by atoms with Crippen LogP contribution in [0.3, 0.4) is 0 Å². The summed E-state index contributed by atoms with van der Waals surface area (Å²) in [7, 11) is 0.